The molecular weight excluding hydrogens is 423 g/mol. The number of halogens is 1. The maximum absolute atomic E-state index is 14.0. The van der Waals surface area contributed by atoms with Crippen molar-refractivity contribution in [1.29, 1.82) is 0 Å². The Kier molecular flexibility index (Phi) is 6.31. The summed E-state index contributed by atoms with van der Waals surface area (Å²) >= 11 is 1.61. The van der Waals surface area contributed by atoms with Crippen LogP contribution in [0.1, 0.15) is 5.56 Å². The predicted molar refractivity (Wildman–Crippen MR) is 115 cm³/mol. The molecule has 0 bridgehead atoms. The van der Waals surface area contributed by atoms with E-state index in [0.29, 0.717) is 13.1 Å². The van der Waals surface area contributed by atoms with E-state index >= 15 is 0 Å². The lowest BCUT2D eigenvalue weighted by molar-refractivity contribution is 0.381. The summed E-state index contributed by atoms with van der Waals surface area (Å²) in [6.45, 7) is 1.46. The summed E-state index contributed by atoms with van der Waals surface area (Å²) in [5.74, 6) is 0.790. The van der Waals surface area contributed by atoms with Crippen molar-refractivity contribution in [1.82, 2.24) is 14.3 Å². The van der Waals surface area contributed by atoms with Gasteiger partial charge in [0.2, 0.25) is 10.0 Å². The quantitative estimate of drug-likeness (QED) is 0.543. The summed E-state index contributed by atoms with van der Waals surface area (Å²) in [4.78, 5) is 10.7. The summed E-state index contributed by atoms with van der Waals surface area (Å²) in [6.07, 6.45) is 3.42. The van der Waals surface area contributed by atoms with Crippen molar-refractivity contribution >= 4 is 27.6 Å². The van der Waals surface area contributed by atoms with E-state index in [2.05, 4.69) is 22.1 Å². The van der Waals surface area contributed by atoms with Crippen LogP contribution >= 0.6 is 11.8 Å². The highest BCUT2D eigenvalue weighted by atomic mass is 32.2. The fourth-order valence-electron chi connectivity index (χ4n) is 3.24. The highest BCUT2D eigenvalue weighted by molar-refractivity contribution is 7.98. The Bertz CT molecular complexity index is 1100. The molecule has 1 aromatic heterocycles. The van der Waals surface area contributed by atoms with E-state index in [4.69, 9.17) is 0 Å². The normalized spacial score (nSPS) is 15.3. The number of piperazine rings is 1. The van der Waals surface area contributed by atoms with E-state index in [0.717, 1.165) is 22.7 Å². The lowest BCUT2D eigenvalue weighted by Gasteiger charge is -2.34. The molecule has 0 aliphatic carbocycles. The molecule has 6 nitrogen and oxygen atoms in total. The van der Waals surface area contributed by atoms with Gasteiger partial charge in [-0.15, -0.1) is 11.8 Å². The third-order valence-corrected chi connectivity index (χ3v) is 7.75. The molecule has 0 atom stereocenters. The Morgan fingerprint density at radius 3 is 2.37 bits per heavy atom. The maximum atomic E-state index is 14.0. The number of benzene rings is 2. The summed E-state index contributed by atoms with van der Waals surface area (Å²) in [6, 6.07) is 15.6. The highest BCUT2D eigenvalue weighted by Crippen LogP contribution is 2.24. The molecule has 0 amide bonds. The second-order valence-corrected chi connectivity index (χ2v) is 9.71. The summed E-state index contributed by atoms with van der Waals surface area (Å²) in [5, 5.41) is 0.817. The fraction of sp³-hybridized carbons (Fsp3) is 0.238. The monoisotopic (exact) mass is 444 g/mol. The maximum Gasteiger partial charge on any atom is 0.246 e. The Morgan fingerprint density at radius 1 is 0.933 bits per heavy atom. The third kappa shape index (κ3) is 4.63. The number of sulfonamides is 1. The standard InChI is InChI=1S/C21H21FN4O2S2/c22-18-8-4-5-9-19(18)30(27,28)26-12-10-25(11-13-26)20-14-23-15-21(24-20)29-16-17-6-2-1-3-7-17/h1-9,14-15H,10-13,16H2. The highest BCUT2D eigenvalue weighted by Gasteiger charge is 2.30. The molecular formula is C21H21FN4O2S2. The minimum absolute atomic E-state index is 0.264. The number of hydrogen-bond acceptors (Lipinski definition) is 6. The van der Waals surface area contributed by atoms with Gasteiger partial charge >= 0.3 is 0 Å². The lowest BCUT2D eigenvalue weighted by Crippen LogP contribution is -2.49. The number of thioether (sulfide) groups is 1. The largest absolute Gasteiger partial charge is 0.353 e. The first-order valence-corrected chi connectivity index (χ1v) is 11.9. The molecule has 0 unspecified atom stereocenters. The van der Waals surface area contributed by atoms with Crippen LogP contribution in [0.5, 0.6) is 0 Å². The fourth-order valence-corrected chi connectivity index (χ4v) is 5.53. The van der Waals surface area contributed by atoms with Crippen LogP contribution in [0, 0.1) is 5.82 Å². The minimum atomic E-state index is -3.85. The lowest BCUT2D eigenvalue weighted by atomic mass is 10.2. The van der Waals surface area contributed by atoms with Gasteiger partial charge < -0.3 is 4.90 Å². The van der Waals surface area contributed by atoms with Gasteiger partial charge in [0.15, 0.2) is 0 Å². The SMILES string of the molecule is O=S(=O)(c1ccccc1F)N1CCN(c2cncc(SCc3ccccc3)n2)CC1. The summed E-state index contributed by atoms with van der Waals surface area (Å²) in [7, 11) is -3.85. The Balaban J connectivity index is 1.40. The van der Waals surface area contributed by atoms with E-state index in [1.807, 2.05) is 23.1 Å². The molecule has 2 aromatic carbocycles. The van der Waals surface area contributed by atoms with Crippen LogP contribution < -0.4 is 4.90 Å². The van der Waals surface area contributed by atoms with Crippen molar-refractivity contribution in [2.24, 2.45) is 0 Å². The van der Waals surface area contributed by atoms with E-state index in [1.54, 1.807) is 24.2 Å². The number of anilines is 1. The zero-order valence-corrected chi connectivity index (χ0v) is 17.8. The molecule has 30 heavy (non-hydrogen) atoms. The van der Waals surface area contributed by atoms with E-state index in [9.17, 15) is 12.8 Å². The van der Waals surface area contributed by atoms with E-state index in [1.165, 1.54) is 28.1 Å². The predicted octanol–water partition coefficient (Wildman–Crippen LogP) is 3.42. The van der Waals surface area contributed by atoms with Crippen molar-refractivity contribution in [3.63, 3.8) is 0 Å². The molecule has 9 heteroatoms. The van der Waals surface area contributed by atoms with Crippen molar-refractivity contribution in [2.75, 3.05) is 31.1 Å². The average molecular weight is 445 g/mol. The van der Waals surface area contributed by atoms with Crippen LogP contribution in [0.3, 0.4) is 0 Å². The van der Waals surface area contributed by atoms with Crippen LogP contribution in [0.25, 0.3) is 0 Å². The summed E-state index contributed by atoms with van der Waals surface area (Å²) < 4.78 is 40.8. The topological polar surface area (TPSA) is 66.4 Å². The van der Waals surface area contributed by atoms with Crippen LogP contribution in [0.2, 0.25) is 0 Å². The molecule has 0 spiro atoms. The van der Waals surface area contributed by atoms with Gasteiger partial charge in [-0.25, -0.2) is 17.8 Å². The second kappa shape index (κ2) is 9.11. The molecule has 0 N–H and O–H groups in total. The molecule has 1 saturated heterocycles. The zero-order chi connectivity index (χ0) is 21.0. The van der Waals surface area contributed by atoms with Crippen molar-refractivity contribution in [2.45, 2.75) is 15.7 Å². The van der Waals surface area contributed by atoms with E-state index in [-0.39, 0.29) is 18.0 Å². The number of hydrogen-bond donors (Lipinski definition) is 0. The average Bonchev–Trinajstić information content (AvgIpc) is 2.79. The molecule has 156 valence electrons. The molecule has 0 radical (unpaired) electrons. The first kappa shape index (κ1) is 20.8. The minimum Gasteiger partial charge on any atom is -0.353 e. The van der Waals surface area contributed by atoms with Gasteiger partial charge in [-0.3, -0.25) is 4.98 Å². The van der Waals surface area contributed by atoms with Crippen molar-refractivity contribution < 1.29 is 12.8 Å². The first-order chi connectivity index (χ1) is 14.5. The third-order valence-electron chi connectivity index (χ3n) is 4.85. The van der Waals surface area contributed by atoms with Crippen LogP contribution in [0.15, 0.2) is 76.9 Å². The first-order valence-electron chi connectivity index (χ1n) is 9.52. The van der Waals surface area contributed by atoms with Crippen LogP contribution in [-0.4, -0.2) is 48.9 Å². The molecule has 1 fully saturated rings. The zero-order valence-electron chi connectivity index (χ0n) is 16.2. The Labute approximate surface area is 179 Å². The van der Waals surface area contributed by atoms with Gasteiger partial charge in [-0.2, -0.15) is 4.31 Å². The van der Waals surface area contributed by atoms with Crippen LogP contribution in [0.4, 0.5) is 10.2 Å². The summed E-state index contributed by atoms with van der Waals surface area (Å²) in [5.41, 5.74) is 1.21. The Morgan fingerprint density at radius 2 is 1.63 bits per heavy atom. The number of rotatable bonds is 6. The van der Waals surface area contributed by atoms with Crippen molar-refractivity contribution in [3.8, 4) is 0 Å². The molecule has 1 aliphatic heterocycles. The molecule has 0 saturated carbocycles. The Hall–Kier alpha value is -2.49. The van der Waals surface area contributed by atoms with Gasteiger partial charge in [0.1, 0.15) is 21.6 Å². The van der Waals surface area contributed by atoms with Crippen molar-refractivity contribution in [3.05, 3.63) is 78.4 Å². The van der Waals surface area contributed by atoms with E-state index < -0.39 is 15.8 Å². The van der Waals surface area contributed by atoms with Gasteiger partial charge in [0.25, 0.3) is 0 Å². The van der Waals surface area contributed by atoms with Gasteiger partial charge in [-0.1, -0.05) is 42.5 Å². The van der Waals surface area contributed by atoms with Gasteiger partial charge in [0, 0.05) is 31.9 Å². The molecule has 4 rings (SSSR count). The molecule has 3 aromatic rings. The van der Waals surface area contributed by atoms with Gasteiger partial charge in [0.05, 0.1) is 12.4 Å². The molecule has 2 heterocycles. The second-order valence-electron chi connectivity index (χ2n) is 6.81. The smallest absolute Gasteiger partial charge is 0.246 e. The molecule has 1 aliphatic rings. The number of aromatic nitrogens is 2. The van der Waals surface area contributed by atoms with Crippen LogP contribution in [-0.2, 0) is 15.8 Å². The number of nitrogens with zero attached hydrogens (tertiary/aromatic N) is 4. The van der Waals surface area contributed by atoms with Gasteiger partial charge in [-0.05, 0) is 17.7 Å².